The first-order valence-corrected chi connectivity index (χ1v) is 6.39. The minimum Gasteiger partial charge on any atom is -0.309 e. The molecule has 0 aromatic heterocycles. The minimum atomic E-state index is -0.928. The van der Waals surface area contributed by atoms with E-state index in [4.69, 9.17) is 0 Å². The summed E-state index contributed by atoms with van der Waals surface area (Å²) in [7, 11) is 1.60. The Morgan fingerprint density at radius 3 is 2.47 bits per heavy atom. The van der Waals surface area contributed by atoms with Crippen molar-refractivity contribution >= 4 is 15.9 Å². The summed E-state index contributed by atoms with van der Waals surface area (Å²) < 4.78 is 41.0. The lowest BCUT2D eigenvalue weighted by Crippen LogP contribution is -2.19. The van der Waals surface area contributed by atoms with Crippen LogP contribution in [-0.4, -0.2) is 7.05 Å². The maximum Gasteiger partial charge on any atom is 0.163 e. The van der Waals surface area contributed by atoms with E-state index in [1.807, 2.05) is 0 Å². The molecule has 1 nitrogen and oxygen atoms in total. The van der Waals surface area contributed by atoms with Crippen LogP contribution in [0.25, 0.3) is 0 Å². The molecular formula is C14H11BrF3N. The van der Waals surface area contributed by atoms with Crippen molar-refractivity contribution in [2.24, 2.45) is 0 Å². The number of hydrogen-bond acceptors (Lipinski definition) is 1. The van der Waals surface area contributed by atoms with E-state index in [9.17, 15) is 13.2 Å². The van der Waals surface area contributed by atoms with Gasteiger partial charge in [0.25, 0.3) is 0 Å². The Balaban J connectivity index is 2.53. The second-order valence-electron chi connectivity index (χ2n) is 4.07. The monoisotopic (exact) mass is 329 g/mol. The topological polar surface area (TPSA) is 12.0 Å². The standard InChI is InChI=1S/C14H11BrF3N/c1-19-14(8-5-9(15)7-10(16)6-8)11-3-2-4-12(17)13(11)18/h2-7,14,19H,1H3. The van der Waals surface area contributed by atoms with Crippen molar-refractivity contribution in [3.05, 3.63) is 69.4 Å². The number of benzene rings is 2. The quantitative estimate of drug-likeness (QED) is 0.890. The Morgan fingerprint density at radius 2 is 1.84 bits per heavy atom. The highest BCUT2D eigenvalue weighted by Gasteiger charge is 2.19. The molecule has 0 bridgehead atoms. The molecule has 0 spiro atoms. The van der Waals surface area contributed by atoms with Crippen LogP contribution in [-0.2, 0) is 0 Å². The average Bonchev–Trinajstić information content (AvgIpc) is 2.34. The molecule has 0 saturated heterocycles. The lowest BCUT2D eigenvalue weighted by atomic mass is 9.98. The molecule has 0 fully saturated rings. The zero-order chi connectivity index (χ0) is 14.0. The SMILES string of the molecule is CNC(c1cc(F)cc(Br)c1)c1cccc(F)c1F. The van der Waals surface area contributed by atoms with Crippen LogP contribution in [0.3, 0.4) is 0 Å². The second kappa shape index (κ2) is 5.75. The largest absolute Gasteiger partial charge is 0.309 e. The van der Waals surface area contributed by atoms with Crippen molar-refractivity contribution in [1.29, 1.82) is 0 Å². The van der Waals surface area contributed by atoms with E-state index < -0.39 is 23.5 Å². The highest BCUT2D eigenvalue weighted by atomic mass is 79.9. The van der Waals surface area contributed by atoms with Gasteiger partial charge in [-0.15, -0.1) is 0 Å². The van der Waals surface area contributed by atoms with Crippen LogP contribution in [0.1, 0.15) is 17.2 Å². The smallest absolute Gasteiger partial charge is 0.163 e. The maximum absolute atomic E-state index is 13.8. The van der Waals surface area contributed by atoms with E-state index in [1.54, 1.807) is 13.1 Å². The normalized spacial score (nSPS) is 12.5. The van der Waals surface area contributed by atoms with Crippen molar-refractivity contribution in [2.45, 2.75) is 6.04 Å². The van der Waals surface area contributed by atoms with E-state index in [-0.39, 0.29) is 5.56 Å². The maximum atomic E-state index is 13.8. The highest BCUT2D eigenvalue weighted by molar-refractivity contribution is 9.10. The molecule has 0 saturated carbocycles. The first-order chi connectivity index (χ1) is 9.02. The Bertz CT molecular complexity index is 581. The van der Waals surface area contributed by atoms with Crippen LogP contribution < -0.4 is 5.32 Å². The Hall–Kier alpha value is -1.33. The van der Waals surface area contributed by atoms with Gasteiger partial charge in [-0.3, -0.25) is 0 Å². The van der Waals surface area contributed by atoms with Gasteiger partial charge in [0, 0.05) is 10.0 Å². The molecule has 0 aliphatic carbocycles. The lowest BCUT2D eigenvalue weighted by Gasteiger charge is -2.18. The summed E-state index contributed by atoms with van der Waals surface area (Å²) in [5.74, 6) is -2.29. The van der Waals surface area contributed by atoms with Crippen LogP contribution in [0.5, 0.6) is 0 Å². The van der Waals surface area contributed by atoms with Crippen molar-refractivity contribution in [3.8, 4) is 0 Å². The van der Waals surface area contributed by atoms with E-state index >= 15 is 0 Å². The van der Waals surface area contributed by atoms with Crippen LogP contribution in [0.2, 0.25) is 0 Å². The Morgan fingerprint density at radius 1 is 1.11 bits per heavy atom. The fourth-order valence-electron chi connectivity index (χ4n) is 1.99. The van der Waals surface area contributed by atoms with E-state index in [2.05, 4.69) is 21.2 Å². The summed E-state index contributed by atoms with van der Waals surface area (Å²) >= 11 is 3.18. The fourth-order valence-corrected chi connectivity index (χ4v) is 2.47. The molecule has 2 aromatic rings. The molecule has 1 N–H and O–H groups in total. The van der Waals surface area contributed by atoms with Crippen molar-refractivity contribution < 1.29 is 13.2 Å². The zero-order valence-electron chi connectivity index (χ0n) is 10.1. The molecule has 1 unspecified atom stereocenters. The van der Waals surface area contributed by atoms with Gasteiger partial charge < -0.3 is 5.32 Å². The van der Waals surface area contributed by atoms with Crippen LogP contribution in [0, 0.1) is 17.5 Å². The first-order valence-electron chi connectivity index (χ1n) is 5.60. The van der Waals surface area contributed by atoms with Crippen molar-refractivity contribution in [3.63, 3.8) is 0 Å². The first kappa shape index (κ1) is 14.1. The third-order valence-corrected chi connectivity index (χ3v) is 3.26. The predicted molar refractivity (Wildman–Crippen MR) is 71.4 cm³/mol. The molecule has 100 valence electrons. The fraction of sp³-hybridized carbons (Fsp3) is 0.143. The zero-order valence-corrected chi connectivity index (χ0v) is 11.6. The van der Waals surface area contributed by atoms with E-state index in [0.29, 0.717) is 10.0 Å². The van der Waals surface area contributed by atoms with Crippen molar-refractivity contribution in [2.75, 3.05) is 7.05 Å². The van der Waals surface area contributed by atoms with Gasteiger partial charge in [0.1, 0.15) is 5.82 Å². The minimum absolute atomic E-state index is 0.139. The summed E-state index contributed by atoms with van der Waals surface area (Å²) in [6, 6.07) is 7.57. The number of rotatable bonds is 3. The van der Waals surface area contributed by atoms with Gasteiger partial charge in [0.05, 0.1) is 6.04 Å². The third kappa shape index (κ3) is 2.98. The van der Waals surface area contributed by atoms with E-state index in [0.717, 1.165) is 6.07 Å². The Labute approximate surface area is 117 Å². The third-order valence-electron chi connectivity index (χ3n) is 2.80. The lowest BCUT2D eigenvalue weighted by molar-refractivity contribution is 0.487. The summed E-state index contributed by atoms with van der Waals surface area (Å²) in [6.45, 7) is 0. The van der Waals surface area contributed by atoms with Gasteiger partial charge in [-0.2, -0.15) is 0 Å². The average molecular weight is 330 g/mol. The van der Waals surface area contributed by atoms with E-state index in [1.165, 1.54) is 24.3 Å². The number of hydrogen-bond donors (Lipinski definition) is 1. The van der Waals surface area contributed by atoms with Gasteiger partial charge in [0.15, 0.2) is 11.6 Å². The van der Waals surface area contributed by atoms with Crippen LogP contribution in [0.4, 0.5) is 13.2 Å². The second-order valence-corrected chi connectivity index (χ2v) is 4.98. The highest BCUT2D eigenvalue weighted by Crippen LogP contribution is 2.28. The number of halogens is 4. The predicted octanol–water partition coefficient (Wildman–Crippen LogP) is 4.18. The van der Waals surface area contributed by atoms with Gasteiger partial charge in [-0.1, -0.05) is 28.1 Å². The molecule has 5 heteroatoms. The molecule has 0 radical (unpaired) electrons. The van der Waals surface area contributed by atoms with Gasteiger partial charge >= 0.3 is 0 Å². The molecule has 19 heavy (non-hydrogen) atoms. The number of nitrogens with one attached hydrogen (secondary N) is 1. The molecule has 2 aromatic carbocycles. The summed E-state index contributed by atoms with van der Waals surface area (Å²) in [6.07, 6.45) is 0. The molecule has 0 amide bonds. The molecule has 1 atom stereocenters. The molecular weight excluding hydrogens is 319 g/mol. The molecule has 0 aliphatic heterocycles. The summed E-state index contributed by atoms with van der Waals surface area (Å²) in [5.41, 5.74) is 0.652. The van der Waals surface area contributed by atoms with Gasteiger partial charge in [-0.25, -0.2) is 13.2 Å². The van der Waals surface area contributed by atoms with Gasteiger partial charge in [-0.05, 0) is 36.9 Å². The summed E-state index contributed by atoms with van der Waals surface area (Å²) in [4.78, 5) is 0. The van der Waals surface area contributed by atoms with Crippen molar-refractivity contribution in [1.82, 2.24) is 5.32 Å². The summed E-state index contributed by atoms with van der Waals surface area (Å²) in [5, 5.41) is 2.86. The van der Waals surface area contributed by atoms with Gasteiger partial charge in [0.2, 0.25) is 0 Å². The molecule has 0 aliphatic rings. The Kier molecular flexibility index (Phi) is 4.27. The molecule has 2 rings (SSSR count). The van der Waals surface area contributed by atoms with Crippen LogP contribution in [0.15, 0.2) is 40.9 Å². The molecule has 0 heterocycles. The van der Waals surface area contributed by atoms with Crippen LogP contribution >= 0.6 is 15.9 Å².